The Balaban J connectivity index is 0.00000364. The summed E-state index contributed by atoms with van der Waals surface area (Å²) in [6.07, 6.45) is 0. The Morgan fingerprint density at radius 2 is 1.89 bits per heavy atom. The van der Waals surface area contributed by atoms with Crippen molar-refractivity contribution in [2.45, 2.75) is 33.5 Å². The molecule has 0 aliphatic rings. The number of guanidine groups is 1. The van der Waals surface area contributed by atoms with Gasteiger partial charge in [0.15, 0.2) is 5.96 Å². The lowest BCUT2D eigenvalue weighted by molar-refractivity contribution is 0.392. The number of aliphatic imine (C=N–C) groups is 1. The van der Waals surface area contributed by atoms with Crippen molar-refractivity contribution in [2.75, 3.05) is 21.1 Å². The highest BCUT2D eigenvalue weighted by atomic mass is 127. The Morgan fingerprint density at radius 1 is 1.22 bits per heavy atom. The summed E-state index contributed by atoms with van der Waals surface area (Å²) in [5.41, 5.74) is 5.03. The summed E-state index contributed by atoms with van der Waals surface area (Å²) in [5.74, 6) is 0.527. The highest BCUT2D eigenvalue weighted by Crippen LogP contribution is 2.13. The summed E-state index contributed by atoms with van der Waals surface area (Å²) in [4.78, 5) is 6.21. The molecular formula is C19H30FIN6. The summed E-state index contributed by atoms with van der Waals surface area (Å²) in [6.45, 7) is 5.86. The standard InChI is InChI=1S/C19H29FN6.HI/c1-13-17(14(2)26(6)24-13)11-23-19(21-3)22-10-15-7-8-18(20)16(9-15)12-25(4)5;/h7-9H,10-12H2,1-6H3,(H2,21,22,23);1H. The van der Waals surface area contributed by atoms with E-state index in [1.807, 2.05) is 43.7 Å². The number of nitrogens with one attached hydrogen (secondary N) is 2. The third kappa shape index (κ3) is 6.46. The molecule has 150 valence electrons. The molecule has 0 saturated heterocycles. The number of rotatable bonds is 6. The number of aryl methyl sites for hydroxylation is 2. The van der Waals surface area contributed by atoms with E-state index in [2.05, 4.69) is 27.6 Å². The summed E-state index contributed by atoms with van der Waals surface area (Å²) >= 11 is 0. The van der Waals surface area contributed by atoms with Gasteiger partial charge < -0.3 is 15.5 Å². The molecule has 0 unspecified atom stereocenters. The molecule has 0 atom stereocenters. The number of hydrogen-bond donors (Lipinski definition) is 2. The molecule has 0 amide bonds. The summed E-state index contributed by atoms with van der Waals surface area (Å²) in [7, 11) is 7.54. The largest absolute Gasteiger partial charge is 0.352 e. The number of aromatic nitrogens is 2. The van der Waals surface area contributed by atoms with Crippen molar-refractivity contribution in [3.63, 3.8) is 0 Å². The predicted molar refractivity (Wildman–Crippen MR) is 119 cm³/mol. The lowest BCUT2D eigenvalue weighted by Crippen LogP contribution is -2.36. The van der Waals surface area contributed by atoms with Gasteiger partial charge in [0.1, 0.15) is 5.82 Å². The first kappa shape index (κ1) is 23.4. The van der Waals surface area contributed by atoms with Gasteiger partial charge in [-0.2, -0.15) is 5.10 Å². The molecule has 1 heterocycles. The van der Waals surface area contributed by atoms with Crippen LogP contribution in [0.2, 0.25) is 0 Å². The van der Waals surface area contributed by atoms with E-state index < -0.39 is 0 Å². The Hall–Kier alpha value is -1.68. The van der Waals surface area contributed by atoms with Crippen LogP contribution < -0.4 is 10.6 Å². The van der Waals surface area contributed by atoms with Crippen molar-refractivity contribution < 1.29 is 4.39 Å². The zero-order chi connectivity index (χ0) is 19.3. The second-order valence-electron chi connectivity index (χ2n) is 6.72. The van der Waals surface area contributed by atoms with Gasteiger partial charge >= 0.3 is 0 Å². The van der Waals surface area contributed by atoms with Crippen LogP contribution in [0.15, 0.2) is 23.2 Å². The van der Waals surface area contributed by atoms with E-state index in [-0.39, 0.29) is 29.8 Å². The molecule has 0 aliphatic heterocycles. The maximum atomic E-state index is 13.9. The zero-order valence-electron chi connectivity index (χ0n) is 16.9. The number of hydrogen-bond acceptors (Lipinski definition) is 3. The molecule has 8 heteroatoms. The fraction of sp³-hybridized carbons (Fsp3) is 0.474. The van der Waals surface area contributed by atoms with Gasteiger partial charge in [0.25, 0.3) is 0 Å². The summed E-state index contributed by atoms with van der Waals surface area (Å²) in [6, 6.07) is 5.21. The van der Waals surface area contributed by atoms with Crippen LogP contribution in [0.25, 0.3) is 0 Å². The SMILES string of the molecule is CN=C(NCc1ccc(F)c(CN(C)C)c1)NCc1c(C)nn(C)c1C.I. The molecule has 1 aromatic heterocycles. The topological polar surface area (TPSA) is 57.5 Å². The summed E-state index contributed by atoms with van der Waals surface area (Å²) < 4.78 is 15.8. The van der Waals surface area contributed by atoms with Crippen LogP contribution in [0.5, 0.6) is 0 Å². The van der Waals surface area contributed by atoms with Gasteiger partial charge in [0.2, 0.25) is 0 Å². The van der Waals surface area contributed by atoms with Crippen LogP contribution in [0.3, 0.4) is 0 Å². The van der Waals surface area contributed by atoms with Gasteiger partial charge in [-0.15, -0.1) is 24.0 Å². The smallest absolute Gasteiger partial charge is 0.191 e. The maximum Gasteiger partial charge on any atom is 0.191 e. The lowest BCUT2D eigenvalue weighted by Gasteiger charge is -2.14. The van der Waals surface area contributed by atoms with Gasteiger partial charge in [0, 0.05) is 50.6 Å². The van der Waals surface area contributed by atoms with Crippen molar-refractivity contribution in [1.29, 1.82) is 0 Å². The second kappa shape index (κ2) is 10.6. The normalized spacial score (nSPS) is 11.5. The van der Waals surface area contributed by atoms with Crippen molar-refractivity contribution in [2.24, 2.45) is 12.0 Å². The fourth-order valence-corrected chi connectivity index (χ4v) is 2.85. The molecule has 0 radical (unpaired) electrons. The van der Waals surface area contributed by atoms with E-state index in [0.29, 0.717) is 31.2 Å². The van der Waals surface area contributed by atoms with E-state index in [4.69, 9.17) is 0 Å². The van der Waals surface area contributed by atoms with Crippen molar-refractivity contribution in [3.05, 3.63) is 52.1 Å². The molecule has 0 saturated carbocycles. The van der Waals surface area contributed by atoms with Gasteiger partial charge in [0.05, 0.1) is 5.69 Å². The average molecular weight is 488 g/mol. The van der Waals surface area contributed by atoms with Gasteiger partial charge in [-0.3, -0.25) is 9.67 Å². The van der Waals surface area contributed by atoms with Crippen LogP contribution >= 0.6 is 24.0 Å². The van der Waals surface area contributed by atoms with E-state index in [0.717, 1.165) is 17.0 Å². The van der Waals surface area contributed by atoms with E-state index in [1.165, 1.54) is 11.6 Å². The maximum absolute atomic E-state index is 13.9. The van der Waals surface area contributed by atoms with Crippen LogP contribution in [0, 0.1) is 19.7 Å². The van der Waals surface area contributed by atoms with Crippen LogP contribution in [-0.4, -0.2) is 41.8 Å². The Kier molecular flexibility index (Phi) is 9.17. The summed E-state index contributed by atoms with van der Waals surface area (Å²) in [5, 5.41) is 11.0. The quantitative estimate of drug-likeness (QED) is 0.373. The molecule has 2 N–H and O–H groups in total. The monoisotopic (exact) mass is 488 g/mol. The Morgan fingerprint density at radius 3 is 2.44 bits per heavy atom. The lowest BCUT2D eigenvalue weighted by atomic mass is 10.1. The van der Waals surface area contributed by atoms with Crippen molar-refractivity contribution in [1.82, 2.24) is 25.3 Å². The molecule has 27 heavy (non-hydrogen) atoms. The predicted octanol–water partition coefficient (Wildman–Crippen LogP) is 2.72. The van der Waals surface area contributed by atoms with Crippen molar-refractivity contribution in [3.8, 4) is 0 Å². The minimum atomic E-state index is -0.174. The minimum absolute atomic E-state index is 0. The van der Waals surface area contributed by atoms with Gasteiger partial charge in [-0.05, 0) is 45.6 Å². The highest BCUT2D eigenvalue weighted by molar-refractivity contribution is 14.0. The molecular weight excluding hydrogens is 458 g/mol. The first-order chi connectivity index (χ1) is 12.3. The van der Waals surface area contributed by atoms with Gasteiger partial charge in [-0.1, -0.05) is 6.07 Å². The zero-order valence-corrected chi connectivity index (χ0v) is 19.3. The van der Waals surface area contributed by atoms with Gasteiger partial charge in [-0.25, -0.2) is 4.39 Å². The molecule has 6 nitrogen and oxygen atoms in total. The first-order valence-electron chi connectivity index (χ1n) is 8.67. The van der Waals surface area contributed by atoms with E-state index in [9.17, 15) is 4.39 Å². The highest BCUT2D eigenvalue weighted by Gasteiger charge is 2.10. The minimum Gasteiger partial charge on any atom is -0.352 e. The second-order valence-corrected chi connectivity index (χ2v) is 6.72. The number of benzene rings is 1. The Labute approximate surface area is 178 Å². The first-order valence-corrected chi connectivity index (χ1v) is 8.67. The molecule has 1 aromatic carbocycles. The number of nitrogens with zero attached hydrogens (tertiary/aromatic N) is 4. The van der Waals surface area contributed by atoms with E-state index in [1.54, 1.807) is 13.1 Å². The van der Waals surface area contributed by atoms with E-state index >= 15 is 0 Å². The van der Waals surface area contributed by atoms with Crippen LogP contribution in [-0.2, 0) is 26.7 Å². The average Bonchev–Trinajstić information content (AvgIpc) is 2.83. The van der Waals surface area contributed by atoms with Crippen molar-refractivity contribution >= 4 is 29.9 Å². The molecule has 2 aromatic rings. The third-order valence-electron chi connectivity index (χ3n) is 4.37. The fourth-order valence-electron chi connectivity index (χ4n) is 2.85. The molecule has 0 bridgehead atoms. The molecule has 0 spiro atoms. The molecule has 0 fully saturated rings. The third-order valence-corrected chi connectivity index (χ3v) is 4.37. The molecule has 2 rings (SSSR count). The van der Waals surface area contributed by atoms with Crippen LogP contribution in [0.1, 0.15) is 28.1 Å². The van der Waals surface area contributed by atoms with Crippen LogP contribution in [0.4, 0.5) is 4.39 Å². The Bertz CT molecular complexity index is 785. The molecule has 0 aliphatic carbocycles. The number of halogens is 2.